The average molecular weight is 346 g/mol. The number of hydrogen-bond donors (Lipinski definition) is 2. The molecule has 1 aromatic rings. The third kappa shape index (κ3) is 3.85. The van der Waals surface area contributed by atoms with Gasteiger partial charge in [-0.1, -0.05) is 15.9 Å². The first-order valence-electron chi connectivity index (χ1n) is 5.28. The molecule has 0 radical (unpaired) electrons. The van der Waals surface area contributed by atoms with Crippen molar-refractivity contribution < 1.29 is 13.2 Å². The van der Waals surface area contributed by atoms with Crippen LogP contribution in [-0.2, 0) is 6.18 Å². The number of alkyl halides is 3. The highest BCUT2D eigenvalue weighted by Crippen LogP contribution is 2.33. The van der Waals surface area contributed by atoms with Crippen molar-refractivity contribution in [3.05, 3.63) is 33.8 Å². The minimum Gasteiger partial charge on any atom is -0.314 e. The first-order valence-corrected chi connectivity index (χ1v) is 6.08. The van der Waals surface area contributed by atoms with Crippen LogP contribution in [0.15, 0.2) is 22.7 Å². The lowest BCUT2D eigenvalue weighted by Crippen LogP contribution is -2.42. The minimum atomic E-state index is -4.30. The summed E-state index contributed by atoms with van der Waals surface area (Å²) in [5, 5.41) is 6.34. The van der Waals surface area contributed by atoms with Crippen molar-refractivity contribution in [2.75, 3.05) is 19.6 Å². The van der Waals surface area contributed by atoms with Crippen LogP contribution in [0.2, 0.25) is 0 Å². The molecule has 2 N–H and O–H groups in total. The number of hydrogen-bond acceptors (Lipinski definition) is 2. The fourth-order valence-corrected chi connectivity index (χ4v) is 2.38. The molecule has 0 unspecified atom stereocenters. The van der Waals surface area contributed by atoms with Crippen molar-refractivity contribution >= 4 is 28.3 Å². The molecule has 1 saturated heterocycles. The van der Waals surface area contributed by atoms with Gasteiger partial charge < -0.3 is 10.6 Å². The van der Waals surface area contributed by atoms with Crippen LogP contribution in [0, 0.1) is 0 Å². The maximum atomic E-state index is 12.7. The second-order valence-corrected chi connectivity index (χ2v) is 4.90. The van der Waals surface area contributed by atoms with Crippen molar-refractivity contribution in [2.45, 2.75) is 12.2 Å². The number of nitrogens with one attached hydrogen (secondary N) is 2. The minimum absolute atomic E-state index is 0. The van der Waals surface area contributed by atoms with Crippen LogP contribution >= 0.6 is 28.3 Å². The number of benzene rings is 1. The van der Waals surface area contributed by atoms with E-state index in [1.54, 1.807) is 6.07 Å². The fourth-order valence-electron chi connectivity index (χ4n) is 1.87. The summed E-state index contributed by atoms with van der Waals surface area (Å²) in [6.07, 6.45) is -4.30. The first kappa shape index (κ1) is 15.8. The van der Waals surface area contributed by atoms with Gasteiger partial charge in [0.1, 0.15) is 0 Å². The van der Waals surface area contributed by atoms with Crippen LogP contribution in [0.4, 0.5) is 13.2 Å². The lowest BCUT2D eigenvalue weighted by Gasteiger charge is -2.25. The molecular weight excluding hydrogens is 332 g/mol. The summed E-state index contributed by atoms with van der Waals surface area (Å²) in [6, 6.07) is 3.96. The van der Waals surface area contributed by atoms with Crippen LogP contribution in [0.5, 0.6) is 0 Å². The second kappa shape index (κ2) is 6.23. The highest BCUT2D eigenvalue weighted by atomic mass is 79.9. The summed E-state index contributed by atoms with van der Waals surface area (Å²) in [4.78, 5) is 0. The molecule has 7 heteroatoms. The predicted octanol–water partition coefficient (Wildman–Crippen LogP) is 3.12. The zero-order valence-electron chi connectivity index (χ0n) is 9.35. The van der Waals surface area contributed by atoms with E-state index in [1.807, 2.05) is 0 Å². The predicted molar refractivity (Wildman–Crippen MR) is 70.0 cm³/mol. The van der Waals surface area contributed by atoms with Crippen molar-refractivity contribution in [3.8, 4) is 0 Å². The second-order valence-electron chi connectivity index (χ2n) is 3.98. The third-order valence-electron chi connectivity index (χ3n) is 2.69. The maximum absolute atomic E-state index is 12.7. The van der Waals surface area contributed by atoms with Gasteiger partial charge in [0, 0.05) is 30.1 Å². The summed E-state index contributed by atoms with van der Waals surface area (Å²) in [5.41, 5.74) is 0.0353. The van der Waals surface area contributed by atoms with Gasteiger partial charge in [-0.2, -0.15) is 13.2 Å². The van der Waals surface area contributed by atoms with Crippen molar-refractivity contribution in [1.29, 1.82) is 0 Å². The lowest BCUT2D eigenvalue weighted by atomic mass is 10.0. The van der Waals surface area contributed by atoms with Gasteiger partial charge in [0.05, 0.1) is 5.56 Å². The van der Waals surface area contributed by atoms with E-state index >= 15 is 0 Å². The quantitative estimate of drug-likeness (QED) is 0.817. The zero-order chi connectivity index (χ0) is 12.5. The van der Waals surface area contributed by atoms with Gasteiger partial charge in [-0.25, -0.2) is 0 Å². The Morgan fingerprint density at radius 1 is 1.17 bits per heavy atom. The number of rotatable bonds is 1. The highest BCUT2D eigenvalue weighted by Gasteiger charge is 2.31. The monoisotopic (exact) mass is 344 g/mol. The highest BCUT2D eigenvalue weighted by molar-refractivity contribution is 9.10. The van der Waals surface area contributed by atoms with Gasteiger partial charge in [-0.3, -0.25) is 0 Å². The average Bonchev–Trinajstić information content (AvgIpc) is 2.28. The Morgan fingerprint density at radius 3 is 2.44 bits per heavy atom. The maximum Gasteiger partial charge on any atom is 0.416 e. The summed E-state index contributed by atoms with van der Waals surface area (Å²) < 4.78 is 38.4. The van der Waals surface area contributed by atoms with Gasteiger partial charge in [-0.15, -0.1) is 12.4 Å². The van der Waals surface area contributed by atoms with Crippen molar-refractivity contribution in [3.63, 3.8) is 0 Å². The van der Waals surface area contributed by atoms with Gasteiger partial charge in [0.2, 0.25) is 0 Å². The van der Waals surface area contributed by atoms with E-state index in [-0.39, 0.29) is 18.4 Å². The third-order valence-corrected chi connectivity index (χ3v) is 3.15. The lowest BCUT2D eigenvalue weighted by molar-refractivity contribution is -0.137. The summed E-state index contributed by atoms with van der Waals surface area (Å²) >= 11 is 3.12. The molecule has 0 aliphatic carbocycles. The summed E-state index contributed by atoms with van der Waals surface area (Å²) in [6.45, 7) is 2.25. The van der Waals surface area contributed by atoms with Crippen LogP contribution in [0.25, 0.3) is 0 Å². The van der Waals surface area contributed by atoms with Gasteiger partial charge >= 0.3 is 6.18 Å². The molecule has 1 fully saturated rings. The Kier molecular flexibility index (Phi) is 5.46. The molecule has 2 rings (SSSR count). The van der Waals surface area contributed by atoms with E-state index in [9.17, 15) is 13.2 Å². The smallest absolute Gasteiger partial charge is 0.314 e. The van der Waals surface area contributed by atoms with Crippen molar-refractivity contribution in [1.82, 2.24) is 10.6 Å². The van der Waals surface area contributed by atoms with Crippen molar-refractivity contribution in [2.24, 2.45) is 0 Å². The molecule has 18 heavy (non-hydrogen) atoms. The molecule has 1 heterocycles. The molecule has 0 bridgehead atoms. The Morgan fingerprint density at radius 2 is 1.89 bits per heavy atom. The normalized spacial score (nSPS) is 20.3. The first-order chi connectivity index (χ1) is 7.97. The molecule has 1 atom stereocenters. The largest absolute Gasteiger partial charge is 0.416 e. The molecule has 1 aliphatic rings. The molecule has 0 aromatic heterocycles. The summed E-state index contributed by atoms with van der Waals surface area (Å²) in [7, 11) is 0. The Bertz CT molecular complexity index is 406. The SMILES string of the molecule is Cl.FC(F)(F)c1cc(Br)cc([C@@H]2CNCCN2)c1. The molecule has 1 aromatic carbocycles. The number of halogens is 5. The molecule has 0 saturated carbocycles. The standard InChI is InChI=1S/C11H12BrF3N2.ClH/c12-9-4-7(10-6-16-1-2-17-10)3-8(5-9)11(13,14)15;/h3-5,10,16-17H,1-2,6H2;1H/t10-;/m0./s1. The molecule has 102 valence electrons. The van der Waals surface area contributed by atoms with E-state index in [1.165, 1.54) is 6.07 Å². The number of piperazine rings is 1. The van der Waals surface area contributed by atoms with Crippen LogP contribution in [-0.4, -0.2) is 19.6 Å². The van der Waals surface area contributed by atoms with E-state index < -0.39 is 11.7 Å². The molecule has 1 aliphatic heterocycles. The molecular formula is C11H13BrClF3N2. The van der Waals surface area contributed by atoms with Gasteiger partial charge in [-0.05, 0) is 23.8 Å². The molecule has 0 amide bonds. The zero-order valence-corrected chi connectivity index (χ0v) is 11.8. The Labute approximate surface area is 118 Å². The van der Waals surface area contributed by atoms with E-state index in [2.05, 4.69) is 26.6 Å². The van der Waals surface area contributed by atoms with Gasteiger partial charge in [0.25, 0.3) is 0 Å². The fraction of sp³-hybridized carbons (Fsp3) is 0.455. The van der Waals surface area contributed by atoms with Gasteiger partial charge in [0.15, 0.2) is 0 Å². The van der Waals surface area contributed by atoms with Crippen LogP contribution in [0.1, 0.15) is 17.2 Å². The van der Waals surface area contributed by atoms with Crippen LogP contribution in [0.3, 0.4) is 0 Å². The van der Waals surface area contributed by atoms with E-state index in [4.69, 9.17) is 0 Å². The van der Waals surface area contributed by atoms with E-state index in [0.717, 1.165) is 19.2 Å². The Hall–Kier alpha value is -0.300. The Balaban J connectivity index is 0.00000162. The topological polar surface area (TPSA) is 24.1 Å². The molecule has 2 nitrogen and oxygen atoms in total. The van der Waals surface area contributed by atoms with Crippen LogP contribution < -0.4 is 10.6 Å². The summed E-state index contributed by atoms with van der Waals surface area (Å²) in [5.74, 6) is 0. The molecule has 0 spiro atoms. The van der Waals surface area contributed by atoms with E-state index in [0.29, 0.717) is 16.6 Å².